The molecule has 1 fully saturated rings. The molecule has 0 unspecified atom stereocenters. The Morgan fingerprint density at radius 2 is 1.38 bits per heavy atom. The van der Waals surface area contributed by atoms with Gasteiger partial charge in [0.05, 0.1) is 19.8 Å². The topological polar surface area (TPSA) is 41.9 Å². The number of hydrogen-bond donors (Lipinski definition) is 1. The summed E-state index contributed by atoms with van der Waals surface area (Å²) in [4.78, 5) is 2.41. The van der Waals surface area contributed by atoms with Crippen molar-refractivity contribution >= 4 is 23.1 Å². The summed E-state index contributed by atoms with van der Waals surface area (Å²) in [6.07, 6.45) is 1.54. The first-order valence-electron chi connectivity index (χ1n) is 10.3. The molecule has 4 nitrogen and oxygen atoms in total. The van der Waals surface area contributed by atoms with Crippen LogP contribution in [0.2, 0.25) is 0 Å². The minimum absolute atomic E-state index is 0. The monoisotopic (exact) mass is 507 g/mol. The van der Waals surface area contributed by atoms with E-state index >= 15 is 0 Å². The van der Waals surface area contributed by atoms with Crippen LogP contribution >= 0.6 is 0 Å². The summed E-state index contributed by atoms with van der Waals surface area (Å²) in [5, 5.41) is 10.9. The predicted molar refractivity (Wildman–Crippen MR) is 125 cm³/mol. The van der Waals surface area contributed by atoms with E-state index in [1.54, 1.807) is 14.2 Å². The second-order valence-electron chi connectivity index (χ2n) is 7.46. The maximum Gasteiger partial charge on any atom is 2.00 e. The van der Waals surface area contributed by atoms with Crippen molar-refractivity contribution in [2.45, 2.75) is 25.0 Å². The van der Waals surface area contributed by atoms with Gasteiger partial charge in [-0.3, -0.25) is 4.90 Å². The van der Waals surface area contributed by atoms with Crippen molar-refractivity contribution in [1.82, 2.24) is 4.90 Å². The first-order chi connectivity index (χ1) is 14.6. The Kier molecular flexibility index (Phi) is 12.9. The summed E-state index contributed by atoms with van der Waals surface area (Å²) < 4.78 is 10.1. The number of halogens is 1. The van der Waals surface area contributed by atoms with Gasteiger partial charge in [-0.2, -0.15) is 18.2 Å². The van der Waals surface area contributed by atoms with Gasteiger partial charge >= 0.3 is 23.1 Å². The number of rotatable bonds is 5. The number of benzene rings is 3. The smallest absolute Gasteiger partial charge is 1.00 e. The normalized spacial score (nSPS) is 14.6. The Bertz CT molecular complexity index is 871. The molecule has 32 heavy (non-hydrogen) atoms. The summed E-state index contributed by atoms with van der Waals surface area (Å²) in [6.45, 7) is 2.79. The third-order valence-electron chi connectivity index (χ3n) is 5.48. The number of methoxy groups -OCH3 is 2. The van der Waals surface area contributed by atoms with Gasteiger partial charge in [0.1, 0.15) is 5.75 Å². The molecule has 1 aliphatic rings. The Morgan fingerprint density at radius 3 is 1.88 bits per heavy atom. The number of ether oxygens (including phenoxy) is 2. The van der Waals surface area contributed by atoms with Gasteiger partial charge in [0, 0.05) is 25.4 Å². The van der Waals surface area contributed by atoms with Crippen LogP contribution in [0.25, 0.3) is 0 Å². The molecule has 0 atom stereocenters. The maximum atomic E-state index is 10.9. The van der Waals surface area contributed by atoms with Crippen LogP contribution in [0.5, 0.6) is 11.5 Å². The molecule has 0 bridgehead atoms. The van der Waals surface area contributed by atoms with Gasteiger partial charge in [-0.15, -0.1) is 12.1 Å². The molecular weight excluding hydrogens is 478 g/mol. The molecule has 4 rings (SSSR count). The van der Waals surface area contributed by atoms with E-state index in [1.165, 1.54) is 5.56 Å². The van der Waals surface area contributed by atoms with Crippen molar-refractivity contribution in [3.05, 3.63) is 96.1 Å². The molecule has 3 aromatic rings. The number of likely N-dealkylation sites (tertiary alicyclic amines) is 1. The van der Waals surface area contributed by atoms with Crippen LogP contribution in [0, 0.1) is 6.07 Å². The van der Waals surface area contributed by atoms with E-state index in [2.05, 4.69) is 35.2 Å². The zero-order valence-corrected chi connectivity index (χ0v) is 21.8. The minimum Gasteiger partial charge on any atom is -1.00 e. The fraction of sp³-hybridized carbons (Fsp3) is 0.308. The van der Waals surface area contributed by atoms with Crippen molar-refractivity contribution in [3.8, 4) is 11.5 Å². The fourth-order valence-electron chi connectivity index (χ4n) is 3.62. The maximum absolute atomic E-state index is 10.9. The van der Waals surface area contributed by atoms with Crippen molar-refractivity contribution in [1.29, 1.82) is 0 Å². The molecule has 0 radical (unpaired) electrons. The molecule has 0 aromatic heterocycles. The zero-order chi connectivity index (χ0) is 21.2. The number of piperidine rings is 1. The van der Waals surface area contributed by atoms with Crippen molar-refractivity contribution in [3.63, 3.8) is 0 Å². The van der Waals surface area contributed by atoms with E-state index in [0.717, 1.165) is 49.5 Å². The van der Waals surface area contributed by atoms with Crippen molar-refractivity contribution < 1.29 is 31.6 Å². The van der Waals surface area contributed by atoms with Crippen LogP contribution < -0.4 is 26.5 Å². The summed E-state index contributed by atoms with van der Waals surface area (Å²) >= 11 is 0. The largest absolute Gasteiger partial charge is 2.00 e. The molecular formula is C26H30BrMgNO3. The second-order valence-corrected chi connectivity index (χ2v) is 7.46. The van der Waals surface area contributed by atoms with Crippen LogP contribution in [0.3, 0.4) is 0 Å². The quantitative estimate of drug-likeness (QED) is 0.417. The van der Waals surface area contributed by atoms with Crippen LogP contribution in [0.15, 0.2) is 78.9 Å². The van der Waals surface area contributed by atoms with E-state index in [4.69, 9.17) is 9.47 Å². The zero-order valence-electron chi connectivity index (χ0n) is 18.8. The summed E-state index contributed by atoms with van der Waals surface area (Å²) in [5.74, 6) is 1.71. The first-order valence-corrected chi connectivity index (χ1v) is 10.3. The van der Waals surface area contributed by atoms with Gasteiger partial charge < -0.3 is 31.6 Å². The van der Waals surface area contributed by atoms with E-state index in [-0.39, 0.29) is 40.0 Å². The molecule has 1 N–H and O–H groups in total. The Morgan fingerprint density at radius 1 is 0.844 bits per heavy atom. The van der Waals surface area contributed by atoms with Crippen molar-refractivity contribution in [2.24, 2.45) is 0 Å². The second kappa shape index (κ2) is 14.5. The van der Waals surface area contributed by atoms with E-state index < -0.39 is 5.60 Å². The predicted octanol–water partition coefficient (Wildman–Crippen LogP) is 1.30. The van der Waals surface area contributed by atoms with Crippen LogP contribution in [-0.4, -0.2) is 60.4 Å². The van der Waals surface area contributed by atoms with Gasteiger partial charge in [-0.05, 0) is 36.1 Å². The van der Waals surface area contributed by atoms with Crippen LogP contribution in [-0.2, 0) is 12.1 Å². The molecule has 166 valence electrons. The van der Waals surface area contributed by atoms with E-state index in [0.29, 0.717) is 0 Å². The van der Waals surface area contributed by atoms with Gasteiger partial charge in [0.25, 0.3) is 0 Å². The van der Waals surface area contributed by atoms with Gasteiger partial charge in [-0.25, -0.2) is 0 Å². The third-order valence-corrected chi connectivity index (χ3v) is 5.48. The van der Waals surface area contributed by atoms with E-state index in [1.807, 2.05) is 54.6 Å². The molecule has 1 aliphatic heterocycles. The molecule has 6 heteroatoms. The van der Waals surface area contributed by atoms with Gasteiger partial charge in [-0.1, -0.05) is 42.5 Å². The SMILES string of the molecule is COc1cc[c-]cc1.COc1ccc(C2(O)CCN(Cc3ccccc3)CC2)cc1.[Br-].[Mg+2]. The molecule has 1 heterocycles. The first kappa shape index (κ1) is 28.5. The van der Waals surface area contributed by atoms with Crippen molar-refractivity contribution in [2.75, 3.05) is 27.3 Å². The average Bonchev–Trinajstić information content (AvgIpc) is 2.82. The summed E-state index contributed by atoms with van der Waals surface area (Å²) in [7, 11) is 3.31. The molecule has 0 amide bonds. The number of nitrogens with zero attached hydrogens (tertiary/aromatic N) is 1. The average molecular weight is 509 g/mol. The standard InChI is InChI=1S/C19H23NO2.C7H7O.BrH.Mg/c1-22-18-9-7-17(8-10-18)19(21)11-13-20(14-12-19)15-16-5-3-2-4-6-16;1-8-7-5-3-2-4-6-7;;/h2-10,21H,11-15H2,1H3;3-6H,1H3;1H;/q;-1;;+2/p-1. The van der Waals surface area contributed by atoms with E-state index in [9.17, 15) is 5.11 Å². The summed E-state index contributed by atoms with van der Waals surface area (Å²) in [6, 6.07) is 28.6. The Labute approximate surface area is 218 Å². The third kappa shape index (κ3) is 8.41. The molecule has 0 aliphatic carbocycles. The Balaban J connectivity index is 0.000000437. The van der Waals surface area contributed by atoms with Crippen LogP contribution in [0.1, 0.15) is 24.0 Å². The molecule has 0 saturated carbocycles. The van der Waals surface area contributed by atoms with Gasteiger partial charge in [0.2, 0.25) is 0 Å². The Hall–Kier alpha value is -1.57. The number of hydrogen-bond acceptors (Lipinski definition) is 4. The minimum atomic E-state index is -0.709. The molecule has 1 saturated heterocycles. The molecule has 0 spiro atoms. The van der Waals surface area contributed by atoms with Crippen LogP contribution in [0.4, 0.5) is 0 Å². The van der Waals surface area contributed by atoms with Gasteiger partial charge in [0.15, 0.2) is 0 Å². The number of aliphatic hydroxyl groups is 1. The molecule has 3 aromatic carbocycles. The summed E-state index contributed by atoms with van der Waals surface area (Å²) in [5.41, 5.74) is 1.62. The fourth-order valence-corrected chi connectivity index (χ4v) is 3.62.